The molecule has 0 saturated carbocycles. The zero-order valence-corrected chi connectivity index (χ0v) is 16.3. The summed E-state index contributed by atoms with van der Waals surface area (Å²) in [6.45, 7) is -0.165. The third kappa shape index (κ3) is 6.18. The molecule has 0 fully saturated rings. The highest BCUT2D eigenvalue weighted by molar-refractivity contribution is 7.12. The van der Waals surface area contributed by atoms with Gasteiger partial charge in [-0.25, -0.2) is 10.2 Å². The molecule has 0 aliphatic rings. The average molecular weight is 410 g/mol. The van der Waals surface area contributed by atoms with Crippen LogP contribution in [0.5, 0.6) is 17.2 Å². The molecule has 1 amide bonds. The monoisotopic (exact) mass is 410 g/mol. The Balaban J connectivity index is 1.43. The van der Waals surface area contributed by atoms with E-state index >= 15 is 0 Å². The van der Waals surface area contributed by atoms with Gasteiger partial charge >= 0.3 is 5.97 Å². The molecule has 1 N–H and O–H groups in total. The Hall–Kier alpha value is -3.65. The Bertz CT molecular complexity index is 967. The number of hydrazone groups is 1. The molecule has 3 aromatic rings. The summed E-state index contributed by atoms with van der Waals surface area (Å²) in [5.74, 6) is 0.901. The molecule has 148 valence electrons. The maximum absolute atomic E-state index is 11.9. The summed E-state index contributed by atoms with van der Waals surface area (Å²) in [7, 11) is 1.58. The molecule has 0 radical (unpaired) electrons. The van der Waals surface area contributed by atoms with Gasteiger partial charge in [0, 0.05) is 0 Å². The van der Waals surface area contributed by atoms with E-state index in [1.807, 2.05) is 5.38 Å². The number of nitrogens with one attached hydrogen (secondary N) is 1. The fraction of sp³-hybridized carbons (Fsp3) is 0.0952. The predicted octanol–water partition coefficient (Wildman–Crippen LogP) is 3.51. The highest BCUT2D eigenvalue weighted by Gasteiger charge is 2.09. The molecule has 0 bridgehead atoms. The van der Waals surface area contributed by atoms with Crippen molar-refractivity contribution < 1.29 is 23.8 Å². The average Bonchev–Trinajstić information content (AvgIpc) is 3.29. The van der Waals surface area contributed by atoms with Crippen LogP contribution in [-0.4, -0.2) is 31.8 Å². The number of nitrogens with zero attached hydrogens (tertiary/aromatic N) is 1. The topological polar surface area (TPSA) is 86.2 Å². The van der Waals surface area contributed by atoms with Gasteiger partial charge in [-0.1, -0.05) is 6.07 Å². The van der Waals surface area contributed by atoms with Crippen molar-refractivity contribution in [2.45, 2.75) is 0 Å². The molecule has 7 nitrogen and oxygen atoms in total. The summed E-state index contributed by atoms with van der Waals surface area (Å²) in [5.41, 5.74) is 3.12. The number of carbonyl (C=O) groups is 2. The van der Waals surface area contributed by atoms with Crippen LogP contribution in [0.2, 0.25) is 0 Å². The van der Waals surface area contributed by atoms with E-state index in [1.54, 1.807) is 67.8 Å². The van der Waals surface area contributed by atoms with Crippen LogP contribution in [-0.2, 0) is 4.79 Å². The van der Waals surface area contributed by atoms with Crippen LogP contribution < -0.4 is 19.6 Å². The summed E-state index contributed by atoms with van der Waals surface area (Å²) < 4.78 is 15.7. The van der Waals surface area contributed by atoms with E-state index in [2.05, 4.69) is 10.5 Å². The van der Waals surface area contributed by atoms with Gasteiger partial charge < -0.3 is 14.2 Å². The second-order valence-electron chi connectivity index (χ2n) is 5.69. The smallest absolute Gasteiger partial charge is 0.353 e. The number of methoxy groups -OCH3 is 1. The lowest BCUT2D eigenvalue weighted by molar-refractivity contribution is -0.123. The van der Waals surface area contributed by atoms with Gasteiger partial charge in [0.05, 0.1) is 13.3 Å². The van der Waals surface area contributed by atoms with E-state index in [-0.39, 0.29) is 6.61 Å². The molecule has 0 saturated heterocycles. The van der Waals surface area contributed by atoms with Gasteiger partial charge in [-0.3, -0.25) is 4.79 Å². The quantitative estimate of drug-likeness (QED) is 0.266. The Labute approximate surface area is 171 Å². The SMILES string of the molecule is COc1ccc(OCC(=O)N/N=C/c2ccc(OC(=O)c3cccs3)cc2)cc1. The molecule has 0 aliphatic heterocycles. The van der Waals surface area contributed by atoms with Crippen LogP contribution in [0.4, 0.5) is 0 Å². The molecule has 0 atom stereocenters. The fourth-order valence-electron chi connectivity index (χ4n) is 2.21. The minimum absolute atomic E-state index is 0.165. The largest absolute Gasteiger partial charge is 0.497 e. The van der Waals surface area contributed by atoms with Crippen LogP contribution in [0.25, 0.3) is 0 Å². The number of esters is 1. The van der Waals surface area contributed by atoms with Crippen molar-refractivity contribution in [2.75, 3.05) is 13.7 Å². The number of hydrogen-bond acceptors (Lipinski definition) is 7. The number of rotatable bonds is 8. The van der Waals surface area contributed by atoms with E-state index in [4.69, 9.17) is 14.2 Å². The molecule has 3 rings (SSSR count). The lowest BCUT2D eigenvalue weighted by atomic mass is 10.2. The van der Waals surface area contributed by atoms with Crippen LogP contribution in [0.1, 0.15) is 15.2 Å². The van der Waals surface area contributed by atoms with E-state index in [9.17, 15) is 9.59 Å². The Kier molecular flexibility index (Phi) is 6.96. The molecule has 0 unspecified atom stereocenters. The van der Waals surface area contributed by atoms with Crippen LogP contribution >= 0.6 is 11.3 Å². The highest BCUT2D eigenvalue weighted by atomic mass is 32.1. The summed E-state index contributed by atoms with van der Waals surface area (Å²) in [6, 6.07) is 17.2. The molecule has 0 spiro atoms. The van der Waals surface area contributed by atoms with E-state index < -0.39 is 11.9 Å². The summed E-state index contributed by atoms with van der Waals surface area (Å²) in [4.78, 5) is 24.2. The van der Waals surface area contributed by atoms with Gasteiger partial charge in [-0.15, -0.1) is 11.3 Å². The molecule has 1 aromatic heterocycles. The van der Waals surface area contributed by atoms with Gasteiger partial charge in [0.1, 0.15) is 22.1 Å². The first kappa shape index (κ1) is 20.1. The Morgan fingerprint density at radius 3 is 2.34 bits per heavy atom. The third-order valence-corrected chi connectivity index (χ3v) is 4.50. The molecule has 8 heteroatoms. The molecular weight excluding hydrogens is 392 g/mol. The number of thiophene rings is 1. The number of ether oxygens (including phenoxy) is 3. The van der Waals surface area contributed by atoms with E-state index in [0.717, 1.165) is 5.56 Å². The minimum atomic E-state index is -0.398. The first-order valence-corrected chi connectivity index (χ1v) is 9.46. The normalized spacial score (nSPS) is 10.5. The van der Waals surface area contributed by atoms with Crippen molar-refractivity contribution in [3.8, 4) is 17.2 Å². The maximum atomic E-state index is 11.9. The Morgan fingerprint density at radius 2 is 1.69 bits per heavy atom. The lowest BCUT2D eigenvalue weighted by Crippen LogP contribution is -2.24. The number of amides is 1. The summed E-state index contributed by atoms with van der Waals surface area (Å²) in [6.07, 6.45) is 1.48. The number of benzene rings is 2. The van der Waals surface area contributed by atoms with Gasteiger partial charge in [0.25, 0.3) is 5.91 Å². The third-order valence-electron chi connectivity index (χ3n) is 3.65. The van der Waals surface area contributed by atoms with Gasteiger partial charge in [-0.2, -0.15) is 5.10 Å². The molecule has 2 aromatic carbocycles. The maximum Gasteiger partial charge on any atom is 0.353 e. The predicted molar refractivity (Wildman–Crippen MR) is 110 cm³/mol. The van der Waals surface area contributed by atoms with E-state index in [0.29, 0.717) is 22.1 Å². The lowest BCUT2D eigenvalue weighted by Gasteiger charge is -2.06. The first-order valence-electron chi connectivity index (χ1n) is 8.58. The number of carbonyl (C=O) groups excluding carboxylic acids is 2. The van der Waals surface area contributed by atoms with Crippen LogP contribution in [0.3, 0.4) is 0 Å². The fourth-order valence-corrected chi connectivity index (χ4v) is 2.80. The van der Waals surface area contributed by atoms with E-state index in [1.165, 1.54) is 17.6 Å². The van der Waals surface area contributed by atoms with Crippen molar-refractivity contribution in [3.63, 3.8) is 0 Å². The van der Waals surface area contributed by atoms with Gasteiger partial charge in [-0.05, 0) is 65.5 Å². The van der Waals surface area contributed by atoms with Crippen molar-refractivity contribution in [3.05, 3.63) is 76.5 Å². The molecule has 29 heavy (non-hydrogen) atoms. The standard InChI is InChI=1S/C21H18N2O5S/c1-26-16-8-10-17(11-9-16)27-14-20(24)23-22-13-15-4-6-18(7-5-15)28-21(25)19-3-2-12-29-19/h2-13H,14H2,1H3,(H,23,24)/b22-13+. The minimum Gasteiger partial charge on any atom is -0.497 e. The van der Waals surface area contributed by atoms with Crippen molar-refractivity contribution in [1.82, 2.24) is 5.43 Å². The second kappa shape index (κ2) is 10.0. The zero-order chi connectivity index (χ0) is 20.5. The second-order valence-corrected chi connectivity index (χ2v) is 6.64. The molecule has 1 heterocycles. The van der Waals surface area contributed by atoms with Crippen LogP contribution in [0.15, 0.2) is 71.1 Å². The number of hydrogen-bond donors (Lipinski definition) is 1. The first-order chi connectivity index (χ1) is 14.1. The van der Waals surface area contributed by atoms with Gasteiger partial charge in [0.15, 0.2) is 6.61 Å². The van der Waals surface area contributed by atoms with Crippen molar-refractivity contribution in [2.24, 2.45) is 5.10 Å². The van der Waals surface area contributed by atoms with Crippen LogP contribution in [0, 0.1) is 0 Å². The van der Waals surface area contributed by atoms with Gasteiger partial charge in [0.2, 0.25) is 0 Å². The molecule has 0 aliphatic carbocycles. The highest BCUT2D eigenvalue weighted by Crippen LogP contribution is 2.17. The van der Waals surface area contributed by atoms with Crippen molar-refractivity contribution in [1.29, 1.82) is 0 Å². The van der Waals surface area contributed by atoms with Crippen molar-refractivity contribution >= 4 is 29.4 Å². The summed E-state index contributed by atoms with van der Waals surface area (Å²) in [5, 5.41) is 5.69. The summed E-state index contributed by atoms with van der Waals surface area (Å²) >= 11 is 1.32. The Morgan fingerprint density at radius 1 is 1.00 bits per heavy atom. The zero-order valence-electron chi connectivity index (χ0n) is 15.5. The molecular formula is C21H18N2O5S.